The largest absolute Gasteiger partial charge is 0.416 e. The average molecular weight is 521 g/mol. The first-order valence-corrected chi connectivity index (χ1v) is 9.31. The molecule has 1 aliphatic rings. The van der Waals surface area contributed by atoms with Gasteiger partial charge in [0, 0.05) is 24.6 Å². The summed E-state index contributed by atoms with van der Waals surface area (Å²) in [5.41, 5.74) is 0.0547. The summed E-state index contributed by atoms with van der Waals surface area (Å²) < 4.78 is 39.5. The van der Waals surface area contributed by atoms with Crippen LogP contribution < -0.4 is 0 Å². The van der Waals surface area contributed by atoms with Crippen LogP contribution in [-0.2, 0) is 6.18 Å². The van der Waals surface area contributed by atoms with Crippen LogP contribution >= 0.6 is 55.1 Å². The van der Waals surface area contributed by atoms with E-state index in [1.54, 1.807) is 6.20 Å². The average Bonchev–Trinajstić information content (AvgIpc) is 2.90. The number of ketones is 1. The van der Waals surface area contributed by atoms with Gasteiger partial charge in [-0.15, -0.1) is 0 Å². The lowest BCUT2D eigenvalue weighted by molar-refractivity contribution is -0.137. The van der Waals surface area contributed by atoms with Crippen LogP contribution in [-0.4, -0.2) is 18.8 Å². The number of carbonyl (C=O) groups is 1. The lowest BCUT2D eigenvalue weighted by Crippen LogP contribution is -2.07. The molecule has 0 bridgehead atoms. The second kappa shape index (κ2) is 6.25. The molecular weight excluding hydrogens is 512 g/mol. The van der Waals surface area contributed by atoms with E-state index in [1.165, 1.54) is 11.6 Å². The summed E-state index contributed by atoms with van der Waals surface area (Å²) in [6, 6.07) is 1.57. The molecule has 1 unspecified atom stereocenters. The molecule has 0 spiro atoms. The van der Waals surface area contributed by atoms with E-state index in [-0.39, 0.29) is 36.4 Å². The summed E-state index contributed by atoms with van der Waals surface area (Å²) in [6.07, 6.45) is -2.25. The summed E-state index contributed by atoms with van der Waals surface area (Å²) in [7, 11) is 0. The van der Waals surface area contributed by atoms with Crippen LogP contribution in [0.3, 0.4) is 0 Å². The summed E-state index contributed by atoms with van der Waals surface area (Å²) in [5, 5.41) is 3.79. The highest BCUT2D eigenvalue weighted by molar-refractivity contribution is 9.25. The molecule has 2 aromatic rings. The molecule has 25 heavy (non-hydrogen) atoms. The van der Waals surface area contributed by atoms with Crippen molar-refractivity contribution in [3.63, 3.8) is 0 Å². The minimum Gasteiger partial charge on any atom is -0.293 e. The number of carbonyl (C=O) groups excluding carboxylic acids is 1. The first-order valence-electron chi connectivity index (χ1n) is 6.96. The number of hydrogen-bond acceptors (Lipinski definition) is 2. The highest BCUT2D eigenvalue weighted by Crippen LogP contribution is 2.62. The molecule has 1 aliphatic carbocycles. The Labute approximate surface area is 167 Å². The van der Waals surface area contributed by atoms with Crippen LogP contribution in [0.25, 0.3) is 5.69 Å². The van der Waals surface area contributed by atoms with Gasteiger partial charge in [-0.25, -0.2) is 4.68 Å². The Morgan fingerprint density at radius 2 is 1.84 bits per heavy atom. The van der Waals surface area contributed by atoms with Crippen molar-refractivity contribution in [3.05, 3.63) is 45.2 Å². The number of Topliss-reactive ketones (excluding diaryl/α,β-unsaturated/α-hetero) is 1. The molecule has 1 atom stereocenters. The number of aromatic nitrogens is 2. The molecule has 0 saturated heterocycles. The topological polar surface area (TPSA) is 34.9 Å². The Hall–Kier alpha value is -0.570. The maximum Gasteiger partial charge on any atom is 0.416 e. The van der Waals surface area contributed by atoms with Crippen LogP contribution in [0.15, 0.2) is 18.3 Å². The fourth-order valence-corrected chi connectivity index (χ4v) is 4.33. The monoisotopic (exact) mass is 518 g/mol. The summed E-state index contributed by atoms with van der Waals surface area (Å²) in [5.74, 6) is -0.247. The summed E-state index contributed by atoms with van der Waals surface area (Å²) >= 11 is 19.0. The fraction of sp³-hybridized carbons (Fsp3) is 0.333. The summed E-state index contributed by atoms with van der Waals surface area (Å²) in [4.78, 5) is 11.9. The molecule has 1 aromatic heterocycles. The first-order chi connectivity index (χ1) is 11.4. The minimum absolute atomic E-state index is 0.00662. The third-order valence-corrected chi connectivity index (χ3v) is 6.18. The Morgan fingerprint density at radius 3 is 2.24 bits per heavy atom. The van der Waals surface area contributed by atoms with Gasteiger partial charge < -0.3 is 0 Å². The van der Waals surface area contributed by atoms with E-state index in [9.17, 15) is 18.0 Å². The minimum atomic E-state index is -4.56. The van der Waals surface area contributed by atoms with Crippen LogP contribution in [0.2, 0.25) is 10.0 Å². The van der Waals surface area contributed by atoms with Gasteiger partial charge in [0.1, 0.15) is 11.4 Å². The second-order valence-electron chi connectivity index (χ2n) is 5.74. The highest BCUT2D eigenvalue weighted by atomic mass is 79.9. The maximum atomic E-state index is 12.9. The Kier molecular flexibility index (Phi) is 4.80. The van der Waals surface area contributed by atoms with E-state index in [2.05, 4.69) is 37.0 Å². The third-order valence-electron chi connectivity index (χ3n) is 3.85. The zero-order valence-corrected chi connectivity index (χ0v) is 17.1. The van der Waals surface area contributed by atoms with Gasteiger partial charge in [0.25, 0.3) is 0 Å². The van der Waals surface area contributed by atoms with Gasteiger partial charge in [0.05, 0.1) is 18.8 Å². The third kappa shape index (κ3) is 3.63. The molecule has 1 heterocycles. The van der Waals surface area contributed by atoms with Gasteiger partial charge in [0.2, 0.25) is 0 Å². The molecule has 10 heteroatoms. The van der Waals surface area contributed by atoms with E-state index in [4.69, 9.17) is 23.2 Å². The van der Waals surface area contributed by atoms with Crippen LogP contribution in [0.5, 0.6) is 0 Å². The smallest absolute Gasteiger partial charge is 0.293 e. The molecular formula is C15H9Br2Cl2F3N2O. The second-order valence-corrected chi connectivity index (χ2v) is 10.4. The lowest BCUT2D eigenvalue weighted by atomic mass is 10.1. The van der Waals surface area contributed by atoms with E-state index >= 15 is 0 Å². The van der Waals surface area contributed by atoms with E-state index < -0.39 is 11.7 Å². The van der Waals surface area contributed by atoms with Crippen molar-refractivity contribution in [1.29, 1.82) is 0 Å². The van der Waals surface area contributed by atoms with Gasteiger partial charge in [-0.1, -0.05) is 55.1 Å². The molecule has 0 radical (unpaired) electrons. The molecule has 1 saturated carbocycles. The van der Waals surface area contributed by atoms with E-state index in [0.29, 0.717) is 5.56 Å². The van der Waals surface area contributed by atoms with Crippen molar-refractivity contribution < 1.29 is 18.0 Å². The number of alkyl halides is 5. The number of nitrogens with zero attached hydrogens (tertiary/aromatic N) is 2. The first kappa shape index (κ1) is 19.2. The molecule has 134 valence electrons. The van der Waals surface area contributed by atoms with Gasteiger partial charge in [0.15, 0.2) is 5.78 Å². The standard InChI is InChI=1S/C15H9Br2Cl2F3N2O/c1-6(25)12-8(9-4-14(9,16)17)5-24(23-12)13-10(18)2-7(3-11(13)19)15(20,21)22/h2-3,5,9H,4H2,1H3. The Morgan fingerprint density at radius 1 is 1.32 bits per heavy atom. The van der Waals surface area contributed by atoms with Gasteiger partial charge in [-0.3, -0.25) is 4.79 Å². The predicted octanol–water partition coefficient (Wildman–Crippen LogP) is 6.37. The quantitative estimate of drug-likeness (QED) is 0.348. The zero-order valence-electron chi connectivity index (χ0n) is 12.5. The van der Waals surface area contributed by atoms with Crippen molar-refractivity contribution in [2.45, 2.75) is 28.7 Å². The molecule has 0 N–H and O–H groups in total. The zero-order chi connectivity index (χ0) is 18.7. The molecule has 0 aliphatic heterocycles. The molecule has 1 fully saturated rings. The SMILES string of the molecule is CC(=O)c1nn(-c2c(Cl)cc(C(F)(F)F)cc2Cl)cc1C1CC1(Br)Br. The van der Waals surface area contributed by atoms with Crippen LogP contribution in [0, 0.1) is 0 Å². The van der Waals surface area contributed by atoms with E-state index in [1.807, 2.05) is 0 Å². The molecule has 0 amide bonds. The Bertz CT molecular complexity index is 857. The lowest BCUT2D eigenvalue weighted by Gasteiger charge is -2.12. The van der Waals surface area contributed by atoms with E-state index in [0.717, 1.165) is 18.6 Å². The highest BCUT2D eigenvalue weighted by Gasteiger charge is 2.53. The molecule has 3 nitrogen and oxygen atoms in total. The van der Waals surface area contributed by atoms with Crippen molar-refractivity contribution in [2.75, 3.05) is 0 Å². The number of hydrogen-bond donors (Lipinski definition) is 0. The number of benzene rings is 1. The summed E-state index contributed by atoms with van der Waals surface area (Å²) in [6.45, 7) is 1.37. The maximum absolute atomic E-state index is 12.9. The number of rotatable bonds is 3. The van der Waals surface area contributed by atoms with Gasteiger partial charge >= 0.3 is 6.18 Å². The van der Waals surface area contributed by atoms with Crippen molar-refractivity contribution >= 4 is 60.8 Å². The number of halogens is 7. The molecule has 1 aromatic carbocycles. The normalized spacial score (nSPS) is 19.1. The van der Waals surface area contributed by atoms with Gasteiger partial charge in [-0.05, 0) is 18.6 Å². The van der Waals surface area contributed by atoms with Crippen LogP contribution in [0.4, 0.5) is 13.2 Å². The van der Waals surface area contributed by atoms with Crippen molar-refractivity contribution in [2.24, 2.45) is 0 Å². The molecule has 3 rings (SSSR count). The van der Waals surface area contributed by atoms with Crippen molar-refractivity contribution in [3.8, 4) is 5.69 Å². The van der Waals surface area contributed by atoms with Gasteiger partial charge in [-0.2, -0.15) is 18.3 Å². The van der Waals surface area contributed by atoms with Crippen LogP contribution in [0.1, 0.15) is 40.9 Å². The van der Waals surface area contributed by atoms with Crippen molar-refractivity contribution in [1.82, 2.24) is 9.78 Å². The predicted molar refractivity (Wildman–Crippen MR) is 96.5 cm³/mol. The fourth-order valence-electron chi connectivity index (χ4n) is 2.53. The Balaban J connectivity index is 2.12.